The molecule has 60 heavy (non-hydrogen) atoms. The Balaban J connectivity index is 1.21. The standard InChI is InChI=1S/C41H46ClN5O11S2/c1-2-22-47(23-19-42)27-12-9-25(10-13-27)7-6-8-34(48)45-20-4-3-5-21-46-40(49)26-11-14-28(31(24-26)41(50)51)35-29-15-17-32(43)38(59(52,53)54)36(29)58-37-30(35)16-18-33(44)39(37)60(55,56)57/h9-18,24,43H,2-8,19-23,44H2,1H3,(H,45,48)(H,46,49)(H,50,51)(H,52,53,54)(H,55,56,57). The van der Waals surface area contributed by atoms with E-state index in [2.05, 4.69) is 46.7 Å². The van der Waals surface area contributed by atoms with Crippen molar-refractivity contribution in [1.82, 2.24) is 10.6 Å². The van der Waals surface area contributed by atoms with Gasteiger partial charge in [0.25, 0.3) is 26.1 Å². The van der Waals surface area contributed by atoms with Crippen molar-refractivity contribution in [2.45, 2.75) is 61.7 Å². The van der Waals surface area contributed by atoms with Gasteiger partial charge in [-0.25, -0.2) is 4.79 Å². The Labute approximate surface area is 352 Å². The van der Waals surface area contributed by atoms with Crippen molar-refractivity contribution in [1.29, 1.82) is 5.41 Å². The average molecular weight is 884 g/mol. The zero-order valence-corrected chi connectivity index (χ0v) is 35.1. The number of hydrogen-bond donors (Lipinski definition) is 7. The van der Waals surface area contributed by atoms with Gasteiger partial charge in [-0.3, -0.25) is 24.1 Å². The SMILES string of the molecule is CCCN(CCCl)c1ccc(CCCC(=O)NCCCCCNC(=O)c2ccc(-c3c4ccc(=N)c(S(=O)(=O)O)c-4oc4c(S(=O)(=O)O)c(N)ccc34)c(C(=O)O)c2)cc1. The van der Waals surface area contributed by atoms with Crippen LogP contribution < -0.4 is 26.6 Å². The molecule has 5 rings (SSSR count). The predicted octanol–water partition coefficient (Wildman–Crippen LogP) is 5.95. The summed E-state index contributed by atoms with van der Waals surface area (Å²) in [5, 5.41) is 23.3. The number of aryl methyl sites for hydroxylation is 1. The summed E-state index contributed by atoms with van der Waals surface area (Å²) in [6.45, 7) is 4.58. The van der Waals surface area contributed by atoms with Gasteiger partial charge in [0, 0.05) is 66.2 Å². The van der Waals surface area contributed by atoms with Crippen molar-refractivity contribution in [3.05, 3.63) is 88.8 Å². The van der Waals surface area contributed by atoms with Crippen molar-refractivity contribution >= 4 is 72.0 Å². The van der Waals surface area contributed by atoms with Crippen LogP contribution in [0.15, 0.2) is 80.9 Å². The number of amides is 2. The Morgan fingerprint density at radius 3 is 2.13 bits per heavy atom. The number of aromatic carboxylic acids is 1. The van der Waals surface area contributed by atoms with Gasteiger partial charge < -0.3 is 30.8 Å². The summed E-state index contributed by atoms with van der Waals surface area (Å²) >= 11 is 5.95. The third-order valence-corrected chi connectivity index (χ3v) is 11.8. The Bertz CT molecular complexity index is 2650. The second-order valence-electron chi connectivity index (χ2n) is 14.0. The fourth-order valence-electron chi connectivity index (χ4n) is 6.99. The van der Waals surface area contributed by atoms with Crippen molar-refractivity contribution in [2.24, 2.45) is 0 Å². The van der Waals surface area contributed by atoms with Crippen molar-refractivity contribution in [2.75, 3.05) is 42.7 Å². The van der Waals surface area contributed by atoms with Crippen LogP contribution in [0.5, 0.6) is 0 Å². The van der Waals surface area contributed by atoms with Crippen molar-refractivity contribution in [3.63, 3.8) is 0 Å². The molecule has 3 aromatic rings. The molecule has 1 heterocycles. The number of carboxylic acid groups (broad SMARTS) is 1. The molecule has 1 aliphatic heterocycles. The average Bonchev–Trinajstić information content (AvgIpc) is 3.18. The van der Waals surface area contributed by atoms with Gasteiger partial charge in [0.05, 0.1) is 16.6 Å². The zero-order valence-electron chi connectivity index (χ0n) is 32.7. The third-order valence-electron chi connectivity index (χ3n) is 9.77. The van der Waals surface area contributed by atoms with E-state index in [9.17, 15) is 45.4 Å². The highest BCUT2D eigenvalue weighted by atomic mass is 35.5. The lowest BCUT2D eigenvalue weighted by atomic mass is 9.89. The van der Waals surface area contributed by atoms with Crippen molar-refractivity contribution in [3.8, 4) is 22.5 Å². The number of fused-ring (bicyclic) bond motifs is 2. The minimum atomic E-state index is -5.18. The molecule has 0 aromatic heterocycles. The quantitative estimate of drug-likeness (QED) is 0.0157. The maximum atomic E-state index is 13.2. The van der Waals surface area contributed by atoms with Crippen molar-refractivity contribution < 1.29 is 49.8 Å². The Morgan fingerprint density at radius 1 is 0.833 bits per heavy atom. The second-order valence-corrected chi connectivity index (χ2v) is 17.1. The molecule has 16 nitrogen and oxygen atoms in total. The van der Waals surface area contributed by atoms with Crippen LogP contribution in [0.2, 0.25) is 0 Å². The highest BCUT2D eigenvalue weighted by Crippen LogP contribution is 2.45. The molecule has 19 heteroatoms. The number of nitrogens with one attached hydrogen (secondary N) is 3. The number of nitrogens with two attached hydrogens (primary N) is 1. The summed E-state index contributed by atoms with van der Waals surface area (Å²) in [5.41, 5.74) is 6.12. The van der Waals surface area contributed by atoms with Crippen LogP contribution in [0.1, 0.15) is 71.7 Å². The molecular weight excluding hydrogens is 838 g/mol. The normalized spacial score (nSPS) is 11.8. The molecule has 0 saturated carbocycles. The summed E-state index contributed by atoms with van der Waals surface area (Å²) in [6, 6.07) is 16.6. The van der Waals surface area contributed by atoms with Crippen LogP contribution in [0.4, 0.5) is 11.4 Å². The first kappa shape index (κ1) is 45.6. The number of anilines is 2. The van der Waals surface area contributed by atoms with Crippen LogP contribution in [0.3, 0.4) is 0 Å². The largest absolute Gasteiger partial charge is 0.478 e. The zero-order chi connectivity index (χ0) is 43.8. The molecular formula is C41H46ClN5O11S2. The molecule has 2 aliphatic rings. The molecule has 2 amide bonds. The first-order chi connectivity index (χ1) is 28.5. The first-order valence-electron chi connectivity index (χ1n) is 19.1. The fourth-order valence-corrected chi connectivity index (χ4v) is 8.68. The number of benzene rings is 4. The number of alkyl halides is 1. The summed E-state index contributed by atoms with van der Waals surface area (Å²) in [5.74, 6) is -2.29. The molecule has 0 unspecified atom stereocenters. The van der Waals surface area contributed by atoms with Crippen LogP contribution in [0.25, 0.3) is 33.4 Å². The van der Waals surface area contributed by atoms with E-state index in [1.807, 2.05) is 0 Å². The number of nitrogens with zero attached hydrogens (tertiary/aromatic N) is 1. The van der Waals surface area contributed by atoms with E-state index < -0.39 is 69.9 Å². The Kier molecular flexibility index (Phi) is 14.9. The number of rotatable bonds is 20. The maximum absolute atomic E-state index is 13.2. The number of nitrogen functional groups attached to an aromatic ring is 1. The second kappa shape index (κ2) is 19.7. The minimum Gasteiger partial charge on any atom is -0.478 e. The van der Waals surface area contributed by atoms with E-state index in [0.717, 1.165) is 55.4 Å². The van der Waals surface area contributed by atoms with Gasteiger partial charge in [-0.05, 0) is 98.2 Å². The van der Waals surface area contributed by atoms with Gasteiger partial charge >= 0.3 is 5.97 Å². The van der Waals surface area contributed by atoms with E-state index in [0.29, 0.717) is 44.5 Å². The predicted molar refractivity (Wildman–Crippen MR) is 227 cm³/mol. The molecule has 0 bridgehead atoms. The Hall–Kier alpha value is -5.53. The van der Waals surface area contributed by atoms with E-state index in [4.69, 9.17) is 27.2 Å². The monoisotopic (exact) mass is 883 g/mol. The van der Waals surface area contributed by atoms with Crippen LogP contribution in [-0.2, 0) is 31.5 Å². The van der Waals surface area contributed by atoms with Gasteiger partial charge in [0.1, 0.15) is 0 Å². The van der Waals surface area contributed by atoms with E-state index >= 15 is 0 Å². The molecule has 1 aliphatic carbocycles. The van der Waals surface area contributed by atoms with Crippen LogP contribution in [-0.4, -0.2) is 80.9 Å². The molecule has 0 fully saturated rings. The molecule has 8 N–H and O–H groups in total. The van der Waals surface area contributed by atoms with E-state index in [-0.39, 0.29) is 40.1 Å². The van der Waals surface area contributed by atoms with Crippen LogP contribution in [0, 0.1) is 5.41 Å². The molecule has 0 atom stereocenters. The topological polar surface area (TPSA) is 270 Å². The number of hydrogen-bond acceptors (Lipinski definition) is 11. The number of halogens is 1. The van der Waals surface area contributed by atoms with Gasteiger partial charge in [0.15, 0.2) is 21.1 Å². The Morgan fingerprint density at radius 2 is 1.50 bits per heavy atom. The molecule has 0 spiro atoms. The summed E-state index contributed by atoms with van der Waals surface area (Å²) < 4.78 is 75.5. The minimum absolute atomic E-state index is 0.0340. The lowest BCUT2D eigenvalue weighted by molar-refractivity contribution is -0.121. The first-order valence-corrected chi connectivity index (χ1v) is 22.5. The number of unbranched alkanes of at least 4 members (excludes halogenated alkanes) is 2. The van der Waals surface area contributed by atoms with Gasteiger partial charge in [-0.15, -0.1) is 11.6 Å². The van der Waals surface area contributed by atoms with Gasteiger partial charge in [-0.2, -0.15) is 16.8 Å². The summed E-state index contributed by atoms with van der Waals surface area (Å²) in [6.07, 6.45) is 4.85. The van der Waals surface area contributed by atoms with Gasteiger partial charge in [0.2, 0.25) is 5.91 Å². The van der Waals surface area contributed by atoms with E-state index in [1.165, 1.54) is 24.3 Å². The lowest BCUT2D eigenvalue weighted by Gasteiger charge is -2.23. The van der Waals surface area contributed by atoms with E-state index in [1.54, 1.807) is 0 Å². The smallest absolute Gasteiger partial charge is 0.336 e. The molecule has 320 valence electrons. The summed E-state index contributed by atoms with van der Waals surface area (Å²) in [7, 11) is -10.3. The molecule has 3 aromatic carbocycles. The number of carbonyl (C=O) groups is 3. The number of carboxylic acids is 1. The highest BCUT2D eigenvalue weighted by molar-refractivity contribution is 7.86. The molecule has 0 saturated heterocycles. The van der Waals surface area contributed by atoms with Gasteiger partial charge in [-0.1, -0.05) is 25.1 Å². The summed E-state index contributed by atoms with van der Waals surface area (Å²) in [4.78, 5) is 38.5. The lowest BCUT2D eigenvalue weighted by Crippen LogP contribution is -2.26. The molecule has 0 radical (unpaired) electrons. The highest BCUT2D eigenvalue weighted by Gasteiger charge is 2.32. The fraction of sp³-hybridized carbons (Fsp3) is 0.317. The maximum Gasteiger partial charge on any atom is 0.336 e. The van der Waals surface area contributed by atoms with Crippen LogP contribution >= 0.6 is 11.6 Å². The number of carbonyl (C=O) groups excluding carboxylic acids is 2. The third kappa shape index (κ3) is 10.8.